The molecule has 2 aliphatic heterocycles. The van der Waals surface area contributed by atoms with Crippen molar-refractivity contribution < 1.29 is 9.53 Å². The fourth-order valence-electron chi connectivity index (χ4n) is 4.13. The zero-order valence-electron chi connectivity index (χ0n) is 14.2. The fourth-order valence-corrected chi connectivity index (χ4v) is 4.13. The molecule has 1 amide bonds. The number of benzene rings is 1. The molecule has 126 valence electrons. The summed E-state index contributed by atoms with van der Waals surface area (Å²) in [7, 11) is 0. The molecule has 4 nitrogen and oxygen atoms in total. The predicted octanol–water partition coefficient (Wildman–Crippen LogP) is 3.66. The number of carbonyl (C=O) groups is 1. The highest BCUT2D eigenvalue weighted by molar-refractivity contribution is 5.97. The standard InChI is InChI=1S/C20H24N2O2/c1-2-15-11-20(24-13-15)8-5-9-22(14-20)19(23)17-10-16-6-3-4-7-18(16)21-12-17/h3-4,6-7,10,12,15H,2,5,8-9,11,13-14H2,1H3/t15-,20-/m0/s1. The lowest BCUT2D eigenvalue weighted by Crippen LogP contribution is -2.50. The predicted molar refractivity (Wildman–Crippen MR) is 94.0 cm³/mol. The number of ether oxygens (including phenoxy) is 1. The number of amides is 1. The lowest BCUT2D eigenvalue weighted by atomic mass is 9.85. The van der Waals surface area contributed by atoms with Gasteiger partial charge in [0, 0.05) is 24.7 Å². The van der Waals surface area contributed by atoms with Gasteiger partial charge in [0.25, 0.3) is 5.91 Å². The zero-order valence-corrected chi connectivity index (χ0v) is 14.2. The number of carbonyl (C=O) groups excluding carboxylic acids is 1. The molecule has 0 saturated carbocycles. The maximum atomic E-state index is 13.0. The fraction of sp³-hybridized carbons (Fsp3) is 0.500. The number of aromatic nitrogens is 1. The second-order valence-corrected chi connectivity index (χ2v) is 7.22. The quantitative estimate of drug-likeness (QED) is 0.847. The largest absolute Gasteiger partial charge is 0.373 e. The molecule has 0 unspecified atom stereocenters. The summed E-state index contributed by atoms with van der Waals surface area (Å²) < 4.78 is 6.16. The first-order valence-electron chi connectivity index (χ1n) is 8.97. The molecular weight excluding hydrogens is 300 g/mol. The number of hydrogen-bond acceptors (Lipinski definition) is 3. The van der Waals surface area contributed by atoms with Gasteiger partial charge in [-0.2, -0.15) is 0 Å². The van der Waals surface area contributed by atoms with Crippen molar-refractivity contribution in [2.24, 2.45) is 5.92 Å². The first kappa shape index (κ1) is 15.6. The smallest absolute Gasteiger partial charge is 0.255 e. The van der Waals surface area contributed by atoms with Gasteiger partial charge in [0.05, 0.1) is 23.3 Å². The van der Waals surface area contributed by atoms with Gasteiger partial charge in [-0.05, 0) is 37.3 Å². The van der Waals surface area contributed by atoms with E-state index in [1.807, 2.05) is 35.2 Å². The van der Waals surface area contributed by atoms with E-state index in [-0.39, 0.29) is 11.5 Å². The molecule has 2 saturated heterocycles. The number of piperidine rings is 1. The van der Waals surface area contributed by atoms with E-state index in [1.165, 1.54) is 0 Å². The van der Waals surface area contributed by atoms with E-state index in [9.17, 15) is 4.79 Å². The molecule has 3 heterocycles. The number of pyridine rings is 1. The summed E-state index contributed by atoms with van der Waals surface area (Å²) in [6.45, 7) is 4.60. The molecule has 0 N–H and O–H groups in total. The van der Waals surface area contributed by atoms with Crippen LogP contribution in [-0.2, 0) is 4.74 Å². The Hall–Kier alpha value is -1.94. The average molecular weight is 324 g/mol. The summed E-state index contributed by atoms with van der Waals surface area (Å²) in [4.78, 5) is 19.4. The van der Waals surface area contributed by atoms with Crippen molar-refractivity contribution >= 4 is 16.8 Å². The van der Waals surface area contributed by atoms with Crippen LogP contribution in [0.1, 0.15) is 43.0 Å². The Morgan fingerprint density at radius 1 is 1.42 bits per heavy atom. The van der Waals surface area contributed by atoms with Gasteiger partial charge >= 0.3 is 0 Å². The minimum Gasteiger partial charge on any atom is -0.373 e. The second kappa shape index (κ2) is 6.17. The van der Waals surface area contributed by atoms with Gasteiger partial charge < -0.3 is 9.64 Å². The van der Waals surface area contributed by atoms with E-state index in [1.54, 1.807) is 6.20 Å². The highest BCUT2D eigenvalue weighted by Gasteiger charge is 2.43. The molecule has 2 aromatic rings. The van der Waals surface area contributed by atoms with Gasteiger partial charge in [0.15, 0.2) is 0 Å². The Morgan fingerprint density at radius 2 is 2.29 bits per heavy atom. The summed E-state index contributed by atoms with van der Waals surface area (Å²) >= 11 is 0. The van der Waals surface area contributed by atoms with Crippen LogP contribution < -0.4 is 0 Å². The van der Waals surface area contributed by atoms with Gasteiger partial charge in [-0.3, -0.25) is 9.78 Å². The number of para-hydroxylation sites is 1. The first-order valence-corrected chi connectivity index (χ1v) is 8.97. The number of nitrogens with zero attached hydrogens (tertiary/aromatic N) is 2. The van der Waals surface area contributed by atoms with Crippen LogP contribution in [-0.4, -0.2) is 41.1 Å². The number of rotatable bonds is 2. The van der Waals surface area contributed by atoms with Gasteiger partial charge in [-0.25, -0.2) is 0 Å². The summed E-state index contributed by atoms with van der Waals surface area (Å²) in [5, 5.41) is 1.01. The summed E-state index contributed by atoms with van der Waals surface area (Å²) in [6.07, 6.45) is 6.04. The molecule has 2 atom stereocenters. The maximum Gasteiger partial charge on any atom is 0.255 e. The highest BCUT2D eigenvalue weighted by atomic mass is 16.5. The van der Waals surface area contributed by atoms with Crippen molar-refractivity contribution in [3.8, 4) is 0 Å². The third kappa shape index (κ3) is 2.80. The molecule has 2 aliphatic rings. The Kier molecular flexibility index (Phi) is 4.01. The third-order valence-corrected chi connectivity index (χ3v) is 5.53. The molecule has 0 radical (unpaired) electrons. The molecule has 4 heteroatoms. The van der Waals surface area contributed by atoms with Crippen LogP contribution >= 0.6 is 0 Å². The van der Waals surface area contributed by atoms with E-state index >= 15 is 0 Å². The van der Waals surface area contributed by atoms with Crippen LogP contribution in [0.25, 0.3) is 10.9 Å². The van der Waals surface area contributed by atoms with Crippen LogP contribution in [0.15, 0.2) is 36.5 Å². The summed E-state index contributed by atoms with van der Waals surface area (Å²) in [6, 6.07) is 9.87. The second-order valence-electron chi connectivity index (χ2n) is 7.22. The average Bonchev–Trinajstić information content (AvgIpc) is 3.03. The lowest BCUT2D eigenvalue weighted by molar-refractivity contribution is -0.0449. The number of fused-ring (bicyclic) bond motifs is 1. The van der Waals surface area contributed by atoms with Crippen molar-refractivity contribution in [2.45, 2.75) is 38.2 Å². The van der Waals surface area contributed by atoms with Crippen LogP contribution in [0.2, 0.25) is 0 Å². The Morgan fingerprint density at radius 3 is 3.12 bits per heavy atom. The van der Waals surface area contributed by atoms with E-state index in [0.717, 1.165) is 56.3 Å². The number of likely N-dealkylation sites (tertiary alicyclic amines) is 1. The van der Waals surface area contributed by atoms with Gasteiger partial charge in [-0.1, -0.05) is 31.5 Å². The van der Waals surface area contributed by atoms with E-state index in [2.05, 4.69) is 11.9 Å². The minimum absolute atomic E-state index is 0.0795. The van der Waals surface area contributed by atoms with Crippen LogP contribution in [0.3, 0.4) is 0 Å². The molecular formula is C20H24N2O2. The first-order chi connectivity index (χ1) is 11.7. The molecule has 0 bridgehead atoms. The lowest BCUT2D eigenvalue weighted by Gasteiger charge is -2.39. The van der Waals surface area contributed by atoms with Gasteiger partial charge in [0.1, 0.15) is 0 Å². The Labute approximate surface area is 142 Å². The van der Waals surface area contributed by atoms with Crippen LogP contribution in [0, 0.1) is 5.92 Å². The van der Waals surface area contributed by atoms with Crippen molar-refractivity contribution in [3.63, 3.8) is 0 Å². The zero-order chi connectivity index (χ0) is 16.6. The van der Waals surface area contributed by atoms with Gasteiger partial charge in [-0.15, -0.1) is 0 Å². The molecule has 1 aromatic carbocycles. The monoisotopic (exact) mass is 324 g/mol. The normalized spacial score (nSPS) is 27.0. The molecule has 24 heavy (non-hydrogen) atoms. The molecule has 4 rings (SSSR count). The van der Waals surface area contributed by atoms with Crippen LogP contribution in [0.4, 0.5) is 0 Å². The number of hydrogen-bond donors (Lipinski definition) is 0. The van der Waals surface area contributed by atoms with Crippen molar-refractivity contribution in [1.29, 1.82) is 0 Å². The molecule has 1 spiro atoms. The van der Waals surface area contributed by atoms with Crippen molar-refractivity contribution in [1.82, 2.24) is 9.88 Å². The highest BCUT2D eigenvalue weighted by Crippen LogP contribution is 2.38. The van der Waals surface area contributed by atoms with Gasteiger partial charge in [0.2, 0.25) is 0 Å². The Balaban J connectivity index is 1.55. The summed E-state index contributed by atoms with van der Waals surface area (Å²) in [5.41, 5.74) is 1.49. The van der Waals surface area contributed by atoms with E-state index in [4.69, 9.17) is 4.74 Å². The topological polar surface area (TPSA) is 42.4 Å². The van der Waals surface area contributed by atoms with E-state index < -0.39 is 0 Å². The van der Waals surface area contributed by atoms with Crippen LogP contribution in [0.5, 0.6) is 0 Å². The molecule has 0 aliphatic carbocycles. The summed E-state index contributed by atoms with van der Waals surface area (Å²) in [5.74, 6) is 0.721. The minimum atomic E-state index is -0.112. The van der Waals surface area contributed by atoms with E-state index in [0.29, 0.717) is 11.5 Å². The maximum absolute atomic E-state index is 13.0. The van der Waals surface area contributed by atoms with Crippen molar-refractivity contribution in [2.75, 3.05) is 19.7 Å². The molecule has 1 aromatic heterocycles. The SMILES string of the molecule is CC[C@@H]1CO[C@@]2(CCCN(C(=O)c3cnc4ccccc4c3)C2)C1. The molecule has 2 fully saturated rings. The Bertz CT molecular complexity index is 760. The van der Waals surface area contributed by atoms with Crippen molar-refractivity contribution in [3.05, 3.63) is 42.1 Å². The third-order valence-electron chi connectivity index (χ3n) is 5.53.